The summed E-state index contributed by atoms with van der Waals surface area (Å²) in [5, 5.41) is 0. The van der Waals surface area contributed by atoms with Crippen molar-refractivity contribution in [1.82, 2.24) is 0 Å². The van der Waals surface area contributed by atoms with Gasteiger partial charge >= 0.3 is 17.9 Å². The fourth-order valence-corrected chi connectivity index (χ4v) is 5.60. The Hall–Kier alpha value is -3.67. The van der Waals surface area contributed by atoms with Crippen molar-refractivity contribution in [3.63, 3.8) is 0 Å². The van der Waals surface area contributed by atoms with Crippen molar-refractivity contribution < 1.29 is 28.6 Å². The van der Waals surface area contributed by atoms with E-state index >= 15 is 0 Å². The highest BCUT2D eigenvalue weighted by molar-refractivity contribution is 5.71. The van der Waals surface area contributed by atoms with Crippen LogP contribution in [0.15, 0.2) is 97.2 Å². The lowest BCUT2D eigenvalue weighted by Crippen LogP contribution is -2.30. The van der Waals surface area contributed by atoms with Gasteiger partial charge in [-0.05, 0) is 89.9 Å². The van der Waals surface area contributed by atoms with Crippen LogP contribution in [0.1, 0.15) is 181 Å². The standard InChI is InChI=1S/C50H80O6/c1-4-7-10-13-16-19-21-23-24-25-27-28-31-34-37-40-43-49(52)55-46-47(45-54-48(51)42-39-36-33-30-18-15-12-9-6-3)56-50(53)44-41-38-35-32-29-26-22-20-17-14-11-8-5-2/h8-9,11-12,14,17-18,20,22,24-30,47H,4-7,10,13,15-16,19,21,23,31-46H2,1-3H3/b11-8-,12-9-,17-14-,22-20-,25-24-,28-27-,29-26-,30-18-. The van der Waals surface area contributed by atoms with Crippen molar-refractivity contribution in [3.8, 4) is 0 Å². The Bertz CT molecular complexity index is 1170. The molecule has 0 aliphatic rings. The van der Waals surface area contributed by atoms with Crippen molar-refractivity contribution in [1.29, 1.82) is 0 Å². The minimum absolute atomic E-state index is 0.120. The molecule has 0 radical (unpaired) electrons. The van der Waals surface area contributed by atoms with Gasteiger partial charge in [-0.15, -0.1) is 0 Å². The molecule has 0 fully saturated rings. The minimum Gasteiger partial charge on any atom is -0.462 e. The fourth-order valence-electron chi connectivity index (χ4n) is 5.60. The van der Waals surface area contributed by atoms with Gasteiger partial charge in [0.2, 0.25) is 0 Å². The second-order valence-electron chi connectivity index (χ2n) is 14.3. The maximum absolute atomic E-state index is 12.7. The molecule has 0 rings (SSSR count). The number of rotatable bonds is 38. The first kappa shape index (κ1) is 52.3. The lowest BCUT2D eigenvalue weighted by molar-refractivity contribution is -0.167. The molecule has 0 N–H and O–H groups in total. The van der Waals surface area contributed by atoms with Crippen molar-refractivity contribution in [2.75, 3.05) is 13.2 Å². The number of esters is 3. The zero-order valence-electron chi connectivity index (χ0n) is 35.9. The molecule has 0 amide bonds. The van der Waals surface area contributed by atoms with Crippen LogP contribution in [0.2, 0.25) is 0 Å². The summed E-state index contributed by atoms with van der Waals surface area (Å²) in [7, 11) is 0. The Labute approximate surface area is 343 Å². The molecule has 1 unspecified atom stereocenters. The van der Waals surface area contributed by atoms with Crippen molar-refractivity contribution in [2.45, 2.75) is 187 Å². The first-order valence-corrected chi connectivity index (χ1v) is 22.3. The molecule has 56 heavy (non-hydrogen) atoms. The van der Waals surface area contributed by atoms with Crippen LogP contribution in [0, 0.1) is 0 Å². The molecule has 0 aromatic carbocycles. The van der Waals surface area contributed by atoms with Gasteiger partial charge in [-0.3, -0.25) is 14.4 Å². The third-order valence-electron chi connectivity index (χ3n) is 8.93. The summed E-state index contributed by atoms with van der Waals surface area (Å²) in [5.41, 5.74) is 0. The van der Waals surface area contributed by atoms with Gasteiger partial charge in [0.25, 0.3) is 0 Å². The topological polar surface area (TPSA) is 78.9 Å². The van der Waals surface area contributed by atoms with Crippen LogP contribution in [-0.2, 0) is 28.6 Å². The van der Waals surface area contributed by atoms with Gasteiger partial charge in [0.15, 0.2) is 6.10 Å². The lowest BCUT2D eigenvalue weighted by atomic mass is 10.1. The zero-order valence-corrected chi connectivity index (χ0v) is 35.9. The number of hydrogen-bond acceptors (Lipinski definition) is 6. The van der Waals surface area contributed by atoms with Crippen LogP contribution in [0.25, 0.3) is 0 Å². The molecule has 0 aromatic heterocycles. The van der Waals surface area contributed by atoms with E-state index in [1.54, 1.807) is 0 Å². The number of carbonyl (C=O) groups excluding carboxylic acids is 3. The molecule has 0 aromatic rings. The molecular formula is C50H80O6. The molecular weight excluding hydrogens is 697 g/mol. The third kappa shape index (κ3) is 41.5. The van der Waals surface area contributed by atoms with Gasteiger partial charge in [-0.25, -0.2) is 0 Å². The van der Waals surface area contributed by atoms with E-state index in [1.807, 2.05) is 36.5 Å². The average Bonchev–Trinajstić information content (AvgIpc) is 3.19. The van der Waals surface area contributed by atoms with E-state index in [-0.39, 0.29) is 37.5 Å². The van der Waals surface area contributed by atoms with Crippen LogP contribution in [-0.4, -0.2) is 37.2 Å². The Morgan fingerprint density at radius 2 is 0.786 bits per heavy atom. The summed E-state index contributed by atoms with van der Waals surface area (Å²) in [6.07, 6.45) is 56.9. The first-order valence-electron chi connectivity index (χ1n) is 22.3. The molecule has 0 aliphatic heterocycles. The van der Waals surface area contributed by atoms with E-state index in [1.165, 1.54) is 44.9 Å². The summed E-state index contributed by atoms with van der Waals surface area (Å²) in [5.74, 6) is -1.03. The second kappa shape index (κ2) is 44.0. The first-order chi connectivity index (χ1) is 27.5. The van der Waals surface area contributed by atoms with E-state index in [0.29, 0.717) is 19.3 Å². The molecule has 0 spiro atoms. The third-order valence-corrected chi connectivity index (χ3v) is 8.93. The molecule has 0 saturated carbocycles. The molecule has 6 nitrogen and oxygen atoms in total. The van der Waals surface area contributed by atoms with Crippen molar-refractivity contribution >= 4 is 17.9 Å². The number of carbonyl (C=O) groups is 3. The average molecular weight is 777 g/mol. The van der Waals surface area contributed by atoms with Gasteiger partial charge < -0.3 is 14.2 Å². The molecule has 0 bridgehead atoms. The van der Waals surface area contributed by atoms with Gasteiger partial charge in [0.05, 0.1) is 0 Å². The maximum atomic E-state index is 12.7. The molecule has 6 heteroatoms. The van der Waals surface area contributed by atoms with E-state index in [9.17, 15) is 14.4 Å². The van der Waals surface area contributed by atoms with E-state index < -0.39 is 6.10 Å². The summed E-state index contributed by atoms with van der Waals surface area (Å²) in [6.45, 7) is 6.24. The highest BCUT2D eigenvalue weighted by Gasteiger charge is 2.19. The van der Waals surface area contributed by atoms with Crippen molar-refractivity contribution in [2.24, 2.45) is 0 Å². The van der Waals surface area contributed by atoms with E-state index in [4.69, 9.17) is 14.2 Å². The predicted molar refractivity (Wildman–Crippen MR) is 237 cm³/mol. The number of ether oxygens (including phenoxy) is 3. The molecule has 0 saturated heterocycles. The molecule has 316 valence electrons. The predicted octanol–water partition coefficient (Wildman–Crippen LogP) is 14.2. The van der Waals surface area contributed by atoms with Crippen LogP contribution in [0.3, 0.4) is 0 Å². The molecule has 1 atom stereocenters. The van der Waals surface area contributed by atoms with Crippen LogP contribution >= 0.6 is 0 Å². The fraction of sp³-hybridized carbons (Fsp3) is 0.620. The van der Waals surface area contributed by atoms with Gasteiger partial charge in [0.1, 0.15) is 13.2 Å². The highest BCUT2D eigenvalue weighted by Crippen LogP contribution is 2.11. The Morgan fingerprint density at radius 3 is 1.34 bits per heavy atom. The zero-order chi connectivity index (χ0) is 40.8. The SMILES string of the molecule is CC\C=C/C=C\C=C/C=C\CCCCCC(=O)OC(COC(=O)CCCC/C=C\C/C=C\CC)COC(=O)CCCCC/C=C\C=C/CCCCCCCCC. The minimum atomic E-state index is -0.820. The smallest absolute Gasteiger partial charge is 0.306 e. The largest absolute Gasteiger partial charge is 0.462 e. The van der Waals surface area contributed by atoms with Crippen LogP contribution in [0.5, 0.6) is 0 Å². The summed E-state index contributed by atoms with van der Waals surface area (Å²) in [6, 6.07) is 0. The Balaban J connectivity index is 4.51. The molecule has 0 aliphatic carbocycles. The Kier molecular flexibility index (Phi) is 41.2. The number of unbranched alkanes of at least 4 members (excludes halogenated alkanes) is 15. The summed E-state index contributed by atoms with van der Waals surface area (Å²) >= 11 is 0. The van der Waals surface area contributed by atoms with Crippen LogP contribution in [0.4, 0.5) is 0 Å². The highest BCUT2D eigenvalue weighted by atomic mass is 16.6. The van der Waals surface area contributed by atoms with Crippen LogP contribution < -0.4 is 0 Å². The normalized spacial score (nSPS) is 13.0. The second-order valence-corrected chi connectivity index (χ2v) is 14.3. The summed E-state index contributed by atoms with van der Waals surface area (Å²) < 4.78 is 16.6. The van der Waals surface area contributed by atoms with E-state index in [2.05, 4.69) is 81.5 Å². The van der Waals surface area contributed by atoms with Gasteiger partial charge in [-0.2, -0.15) is 0 Å². The van der Waals surface area contributed by atoms with Crippen molar-refractivity contribution in [3.05, 3.63) is 97.2 Å². The maximum Gasteiger partial charge on any atom is 0.306 e. The quantitative estimate of drug-likeness (QED) is 0.0204. The van der Waals surface area contributed by atoms with Gasteiger partial charge in [0, 0.05) is 19.3 Å². The summed E-state index contributed by atoms with van der Waals surface area (Å²) in [4.78, 5) is 37.6. The lowest BCUT2D eigenvalue weighted by Gasteiger charge is -2.18. The number of allylic oxidation sites excluding steroid dienone is 16. The molecule has 0 heterocycles. The van der Waals surface area contributed by atoms with Gasteiger partial charge in [-0.1, -0.05) is 169 Å². The monoisotopic (exact) mass is 777 g/mol. The van der Waals surface area contributed by atoms with E-state index in [0.717, 1.165) is 89.9 Å². The number of hydrogen-bond donors (Lipinski definition) is 0. The Morgan fingerprint density at radius 1 is 0.393 bits per heavy atom.